The second-order valence-electron chi connectivity index (χ2n) is 6.36. The van der Waals surface area contributed by atoms with Gasteiger partial charge in [-0.1, -0.05) is 0 Å². The van der Waals surface area contributed by atoms with Gasteiger partial charge in [0.1, 0.15) is 18.7 Å². The van der Waals surface area contributed by atoms with Gasteiger partial charge < -0.3 is 9.31 Å². The minimum absolute atomic E-state index is 0.344. The summed E-state index contributed by atoms with van der Waals surface area (Å²) in [5.74, 6) is 0.846. The van der Waals surface area contributed by atoms with Gasteiger partial charge in [-0.3, -0.25) is 9.36 Å². The van der Waals surface area contributed by atoms with Crippen LogP contribution in [0.2, 0.25) is 0 Å². The van der Waals surface area contributed by atoms with Gasteiger partial charge in [0.2, 0.25) is 0 Å². The van der Waals surface area contributed by atoms with Crippen molar-refractivity contribution >= 4 is 12.6 Å². The van der Waals surface area contributed by atoms with Crippen LogP contribution in [0.4, 0.5) is 0 Å². The average molecular weight is 289 g/mol. The second kappa shape index (κ2) is 4.67. The van der Waals surface area contributed by atoms with Crippen molar-refractivity contribution in [3.8, 4) is 0 Å². The summed E-state index contributed by atoms with van der Waals surface area (Å²) in [5, 5.41) is 8.40. The first kappa shape index (κ1) is 14.3. The van der Waals surface area contributed by atoms with E-state index < -0.39 is 0 Å². The van der Waals surface area contributed by atoms with Gasteiger partial charge >= 0.3 is 7.12 Å². The van der Waals surface area contributed by atoms with E-state index in [0.29, 0.717) is 6.54 Å². The fourth-order valence-corrected chi connectivity index (χ4v) is 2.18. The highest BCUT2D eigenvalue weighted by Crippen LogP contribution is 2.36. The summed E-state index contributed by atoms with van der Waals surface area (Å²) < 4.78 is 15.6. The van der Waals surface area contributed by atoms with Crippen molar-refractivity contribution in [3.63, 3.8) is 0 Å². The van der Waals surface area contributed by atoms with Gasteiger partial charge in [-0.05, 0) is 27.7 Å². The fraction of sp³-hybridized carbons (Fsp3) is 0.615. The number of rotatable bonds is 3. The molecule has 3 rings (SSSR count). The molecule has 0 aliphatic carbocycles. The Kier molecular flexibility index (Phi) is 3.18. The summed E-state index contributed by atoms with van der Waals surface area (Å²) in [7, 11) is 1.48. The number of hydrogen-bond donors (Lipinski definition) is 0. The quantitative estimate of drug-likeness (QED) is 0.763. The van der Waals surface area contributed by atoms with Crippen molar-refractivity contribution in [1.29, 1.82) is 0 Å². The molecular weight excluding hydrogens is 269 g/mol. The van der Waals surface area contributed by atoms with E-state index in [0.717, 1.165) is 11.3 Å². The lowest BCUT2D eigenvalue weighted by atomic mass is 9.82. The van der Waals surface area contributed by atoms with Crippen LogP contribution in [0.5, 0.6) is 0 Å². The molecule has 8 heteroatoms. The predicted molar refractivity (Wildman–Crippen MR) is 78.0 cm³/mol. The largest absolute Gasteiger partial charge is 0.498 e. The SMILES string of the molecule is Cn1ncnc1Cn1cc(B2OC(C)(C)C(C)(C)O2)cn1. The molecule has 1 saturated heterocycles. The molecule has 7 nitrogen and oxygen atoms in total. The van der Waals surface area contributed by atoms with Crippen LogP contribution >= 0.6 is 0 Å². The Morgan fingerprint density at radius 2 is 1.81 bits per heavy atom. The van der Waals surface area contributed by atoms with Gasteiger partial charge in [-0.15, -0.1) is 0 Å². The number of nitrogens with zero attached hydrogens (tertiary/aromatic N) is 5. The smallest absolute Gasteiger partial charge is 0.399 e. The minimum atomic E-state index is -0.386. The van der Waals surface area contributed by atoms with Crippen molar-refractivity contribution < 1.29 is 9.31 Å². The standard InChI is InChI=1S/C13H20BN5O2/c1-12(2)13(3,4)21-14(20-12)10-6-16-19(7-10)8-11-15-9-17-18(11)5/h6-7,9H,8H2,1-5H3. The normalized spacial score (nSPS) is 20.1. The fourth-order valence-electron chi connectivity index (χ4n) is 2.18. The monoisotopic (exact) mass is 289 g/mol. The van der Waals surface area contributed by atoms with Crippen molar-refractivity contribution in [1.82, 2.24) is 24.5 Å². The Balaban J connectivity index is 1.76. The van der Waals surface area contributed by atoms with Gasteiger partial charge in [-0.2, -0.15) is 10.2 Å². The molecule has 0 N–H and O–H groups in total. The van der Waals surface area contributed by atoms with Gasteiger partial charge in [-0.25, -0.2) is 4.98 Å². The van der Waals surface area contributed by atoms with Gasteiger partial charge in [0.05, 0.1) is 11.2 Å². The summed E-state index contributed by atoms with van der Waals surface area (Å²) >= 11 is 0. The third-order valence-electron chi connectivity index (χ3n) is 4.29. The van der Waals surface area contributed by atoms with Crippen LogP contribution in [0.3, 0.4) is 0 Å². The maximum absolute atomic E-state index is 6.01. The highest BCUT2D eigenvalue weighted by atomic mass is 16.7. The lowest BCUT2D eigenvalue weighted by Gasteiger charge is -2.32. The topological polar surface area (TPSA) is 67.0 Å². The Hall–Kier alpha value is -1.67. The molecule has 1 fully saturated rings. The molecule has 0 radical (unpaired) electrons. The Bertz CT molecular complexity index is 633. The molecule has 3 heterocycles. The van der Waals surface area contributed by atoms with Crippen LogP contribution in [0, 0.1) is 0 Å². The first-order valence-corrected chi connectivity index (χ1v) is 6.99. The molecule has 0 spiro atoms. The van der Waals surface area contributed by atoms with Crippen molar-refractivity contribution in [3.05, 3.63) is 24.5 Å². The minimum Gasteiger partial charge on any atom is -0.399 e. The molecule has 0 saturated carbocycles. The molecule has 2 aromatic heterocycles. The first-order valence-electron chi connectivity index (χ1n) is 6.99. The van der Waals surface area contributed by atoms with Crippen LogP contribution < -0.4 is 5.46 Å². The number of aryl methyl sites for hydroxylation is 1. The van der Waals surface area contributed by atoms with Crippen LogP contribution in [0.1, 0.15) is 33.5 Å². The van der Waals surface area contributed by atoms with E-state index >= 15 is 0 Å². The van der Waals surface area contributed by atoms with E-state index in [-0.39, 0.29) is 18.3 Å². The average Bonchev–Trinajstić information content (AvgIpc) is 3.03. The molecule has 0 atom stereocenters. The Morgan fingerprint density at radius 3 is 2.38 bits per heavy atom. The number of aromatic nitrogens is 5. The van der Waals surface area contributed by atoms with Crippen molar-refractivity contribution in [2.45, 2.75) is 45.4 Å². The van der Waals surface area contributed by atoms with Crippen LogP contribution in [0.15, 0.2) is 18.7 Å². The van der Waals surface area contributed by atoms with E-state index in [1.807, 2.05) is 45.6 Å². The van der Waals surface area contributed by atoms with Crippen LogP contribution in [-0.4, -0.2) is 42.9 Å². The molecule has 0 aromatic carbocycles. The predicted octanol–water partition coefficient (Wildman–Crippen LogP) is 0.359. The molecule has 0 unspecified atom stereocenters. The van der Waals surface area contributed by atoms with E-state index in [1.165, 1.54) is 6.33 Å². The van der Waals surface area contributed by atoms with E-state index in [9.17, 15) is 0 Å². The van der Waals surface area contributed by atoms with E-state index in [1.54, 1.807) is 10.9 Å². The maximum atomic E-state index is 6.01. The third-order valence-corrected chi connectivity index (χ3v) is 4.29. The van der Waals surface area contributed by atoms with Crippen molar-refractivity contribution in [2.75, 3.05) is 0 Å². The zero-order chi connectivity index (χ0) is 15.3. The molecule has 2 aromatic rings. The number of hydrogen-bond acceptors (Lipinski definition) is 5. The first-order chi connectivity index (χ1) is 9.78. The highest BCUT2D eigenvalue weighted by molar-refractivity contribution is 6.61. The maximum Gasteiger partial charge on any atom is 0.498 e. The summed E-state index contributed by atoms with van der Waals surface area (Å²) in [6, 6.07) is 0. The molecule has 21 heavy (non-hydrogen) atoms. The lowest BCUT2D eigenvalue weighted by Crippen LogP contribution is -2.41. The zero-order valence-corrected chi connectivity index (χ0v) is 13.1. The summed E-state index contributed by atoms with van der Waals surface area (Å²) in [5.41, 5.74) is 0.225. The van der Waals surface area contributed by atoms with Gasteiger partial charge in [0.15, 0.2) is 0 Å². The summed E-state index contributed by atoms with van der Waals surface area (Å²) in [6.07, 6.45) is 5.24. The molecule has 1 aliphatic rings. The summed E-state index contributed by atoms with van der Waals surface area (Å²) in [4.78, 5) is 4.19. The highest BCUT2D eigenvalue weighted by Gasteiger charge is 2.52. The van der Waals surface area contributed by atoms with E-state index in [2.05, 4.69) is 15.2 Å². The van der Waals surface area contributed by atoms with E-state index in [4.69, 9.17) is 9.31 Å². The zero-order valence-electron chi connectivity index (χ0n) is 13.1. The van der Waals surface area contributed by atoms with Crippen molar-refractivity contribution in [2.24, 2.45) is 7.05 Å². The van der Waals surface area contributed by atoms with Crippen LogP contribution in [-0.2, 0) is 22.9 Å². The molecule has 112 valence electrons. The second-order valence-corrected chi connectivity index (χ2v) is 6.36. The van der Waals surface area contributed by atoms with Gasteiger partial charge in [0.25, 0.3) is 0 Å². The lowest BCUT2D eigenvalue weighted by molar-refractivity contribution is 0.00578. The van der Waals surface area contributed by atoms with Gasteiger partial charge in [0, 0.05) is 24.9 Å². The Labute approximate surface area is 124 Å². The Morgan fingerprint density at radius 1 is 1.14 bits per heavy atom. The van der Waals surface area contributed by atoms with Crippen LogP contribution in [0.25, 0.3) is 0 Å². The molecular formula is C13H20BN5O2. The third kappa shape index (κ3) is 2.49. The molecule has 0 amide bonds. The summed E-state index contributed by atoms with van der Waals surface area (Å²) in [6.45, 7) is 8.72. The molecule has 1 aliphatic heterocycles. The molecule has 0 bridgehead atoms.